The van der Waals surface area contributed by atoms with Crippen LogP contribution in [0.2, 0.25) is 0 Å². The van der Waals surface area contributed by atoms with E-state index in [1.807, 2.05) is 48.5 Å². The maximum Gasteiger partial charge on any atom is 0.0961 e. The van der Waals surface area contributed by atoms with Crippen molar-refractivity contribution in [3.8, 4) is 0 Å². The van der Waals surface area contributed by atoms with E-state index in [4.69, 9.17) is 9.47 Å². The molecule has 4 heteroatoms. The number of hydrogen-bond donors (Lipinski definition) is 0. The van der Waals surface area contributed by atoms with Gasteiger partial charge in [0.1, 0.15) is 0 Å². The van der Waals surface area contributed by atoms with Crippen LogP contribution in [0, 0.1) is 16.5 Å². The SMILES string of the molecule is CC1(C)C[C@H]2[C@@H](OCc3ccccc3)[C@@H](CN([O-])Cc3ccccc3)O[C@@H]2C1. The Bertz CT molecular complexity index is 749. The number of fused-ring (bicyclic) bond motifs is 1. The van der Waals surface area contributed by atoms with Crippen molar-refractivity contribution in [3.63, 3.8) is 0 Å². The summed E-state index contributed by atoms with van der Waals surface area (Å²) in [6, 6.07) is 20.1. The van der Waals surface area contributed by atoms with Crippen molar-refractivity contribution in [2.24, 2.45) is 11.3 Å². The van der Waals surface area contributed by atoms with Gasteiger partial charge in [-0.3, -0.25) is 0 Å². The quantitative estimate of drug-likeness (QED) is 0.649. The number of nitrogens with zero attached hydrogens (tertiary/aromatic N) is 1. The van der Waals surface area contributed by atoms with E-state index in [1.54, 1.807) is 0 Å². The van der Waals surface area contributed by atoms with Gasteiger partial charge in [0.2, 0.25) is 0 Å². The van der Waals surface area contributed by atoms with Crippen LogP contribution < -0.4 is 0 Å². The molecule has 1 aliphatic carbocycles. The van der Waals surface area contributed by atoms with Crippen LogP contribution in [0.15, 0.2) is 60.7 Å². The van der Waals surface area contributed by atoms with Crippen LogP contribution in [0.1, 0.15) is 37.8 Å². The Kier molecular flexibility index (Phi) is 5.83. The first-order valence-electron chi connectivity index (χ1n) is 10.3. The van der Waals surface area contributed by atoms with Crippen LogP contribution >= 0.6 is 0 Å². The topological polar surface area (TPSA) is 44.8 Å². The predicted molar refractivity (Wildman–Crippen MR) is 110 cm³/mol. The molecule has 0 amide bonds. The molecular weight excluding hydrogens is 350 g/mol. The molecule has 4 atom stereocenters. The van der Waals surface area contributed by atoms with Gasteiger partial charge in [0.05, 0.1) is 24.9 Å². The Hall–Kier alpha value is -1.72. The molecule has 2 aromatic rings. The van der Waals surface area contributed by atoms with Gasteiger partial charge in [-0.2, -0.15) is 0 Å². The van der Waals surface area contributed by atoms with E-state index in [1.165, 1.54) is 0 Å². The summed E-state index contributed by atoms with van der Waals surface area (Å²) in [6.45, 7) is 5.89. The number of hydroxylamine groups is 2. The number of benzene rings is 2. The summed E-state index contributed by atoms with van der Waals surface area (Å²) in [5.41, 5.74) is 2.46. The highest BCUT2D eigenvalue weighted by Gasteiger charge is 2.52. The second-order valence-corrected chi connectivity index (χ2v) is 9.02. The number of hydrogen-bond acceptors (Lipinski definition) is 4. The monoisotopic (exact) mass is 380 g/mol. The van der Waals surface area contributed by atoms with Crippen molar-refractivity contribution in [2.45, 2.75) is 58.2 Å². The maximum absolute atomic E-state index is 12.6. The molecule has 2 aliphatic rings. The van der Waals surface area contributed by atoms with Crippen molar-refractivity contribution in [2.75, 3.05) is 6.54 Å². The van der Waals surface area contributed by atoms with E-state index in [9.17, 15) is 5.21 Å². The molecule has 1 aliphatic heterocycles. The molecule has 0 unspecified atom stereocenters. The second kappa shape index (κ2) is 8.34. The van der Waals surface area contributed by atoms with E-state index < -0.39 is 0 Å². The molecule has 0 spiro atoms. The minimum absolute atomic E-state index is 0.0285. The van der Waals surface area contributed by atoms with Crippen LogP contribution in [0.25, 0.3) is 0 Å². The summed E-state index contributed by atoms with van der Waals surface area (Å²) >= 11 is 0. The Balaban J connectivity index is 1.42. The minimum atomic E-state index is -0.170. The minimum Gasteiger partial charge on any atom is -0.785 e. The molecule has 28 heavy (non-hydrogen) atoms. The summed E-state index contributed by atoms with van der Waals surface area (Å²) in [5, 5.41) is 13.7. The Morgan fingerprint density at radius 3 is 2.32 bits per heavy atom. The second-order valence-electron chi connectivity index (χ2n) is 9.02. The zero-order chi connectivity index (χ0) is 19.6. The van der Waals surface area contributed by atoms with E-state index in [-0.39, 0.29) is 23.7 Å². The highest BCUT2D eigenvalue weighted by atomic mass is 16.6. The van der Waals surface area contributed by atoms with Gasteiger partial charge in [0.25, 0.3) is 0 Å². The lowest BCUT2D eigenvalue weighted by Crippen LogP contribution is -2.38. The fourth-order valence-electron chi connectivity index (χ4n) is 4.80. The molecule has 0 aromatic heterocycles. The van der Waals surface area contributed by atoms with Gasteiger partial charge in [-0.1, -0.05) is 74.5 Å². The fourth-order valence-corrected chi connectivity index (χ4v) is 4.80. The summed E-state index contributed by atoms with van der Waals surface area (Å²) in [5.74, 6) is 0.369. The number of ether oxygens (including phenoxy) is 2. The van der Waals surface area contributed by atoms with Gasteiger partial charge in [-0.25, -0.2) is 0 Å². The first-order valence-corrected chi connectivity index (χ1v) is 10.3. The normalized spacial score (nSPS) is 28.6. The third-order valence-corrected chi connectivity index (χ3v) is 6.03. The van der Waals surface area contributed by atoms with Gasteiger partial charge >= 0.3 is 0 Å². The summed E-state index contributed by atoms with van der Waals surface area (Å²) in [7, 11) is 0. The molecule has 0 bridgehead atoms. The predicted octanol–water partition coefficient (Wildman–Crippen LogP) is 4.78. The molecule has 2 fully saturated rings. The summed E-state index contributed by atoms with van der Waals surface area (Å²) in [4.78, 5) is 0. The zero-order valence-electron chi connectivity index (χ0n) is 16.8. The standard InChI is InChI=1S/C24H30NO3/c1-24(2)13-20-21(14-24)28-22(16-25(26)15-18-9-5-3-6-10-18)23(20)27-17-19-11-7-4-8-12-19/h3-12,20-23H,13-17H2,1-2H3/q-1/t20-,21-,22-,23-/m1/s1. The fraction of sp³-hybridized carbons (Fsp3) is 0.500. The van der Waals surface area contributed by atoms with Crippen LogP contribution in [0.3, 0.4) is 0 Å². The average molecular weight is 381 g/mol. The van der Waals surface area contributed by atoms with Gasteiger partial charge in [-0.05, 0) is 29.4 Å². The molecule has 0 N–H and O–H groups in total. The van der Waals surface area contributed by atoms with Gasteiger partial charge in [0.15, 0.2) is 0 Å². The van der Waals surface area contributed by atoms with Crippen molar-refractivity contribution < 1.29 is 9.47 Å². The smallest absolute Gasteiger partial charge is 0.0961 e. The zero-order valence-corrected chi connectivity index (χ0v) is 16.8. The largest absolute Gasteiger partial charge is 0.785 e. The molecule has 4 nitrogen and oxygen atoms in total. The Morgan fingerprint density at radius 1 is 1.00 bits per heavy atom. The summed E-state index contributed by atoms with van der Waals surface area (Å²) in [6.07, 6.45) is 2.13. The highest BCUT2D eigenvalue weighted by Crippen LogP contribution is 2.49. The molecule has 4 rings (SSSR count). The van der Waals surface area contributed by atoms with Crippen LogP contribution in [-0.2, 0) is 22.6 Å². The van der Waals surface area contributed by atoms with Gasteiger partial charge in [0, 0.05) is 19.0 Å². The van der Waals surface area contributed by atoms with Crippen molar-refractivity contribution in [1.82, 2.24) is 5.06 Å². The van der Waals surface area contributed by atoms with Crippen molar-refractivity contribution >= 4 is 0 Å². The number of rotatable bonds is 7. The lowest BCUT2D eigenvalue weighted by molar-refractivity contribution is -0.0522. The van der Waals surface area contributed by atoms with E-state index in [2.05, 4.69) is 26.0 Å². The molecule has 2 aromatic carbocycles. The molecule has 1 heterocycles. The Morgan fingerprint density at radius 2 is 1.64 bits per heavy atom. The average Bonchev–Trinajstić information content (AvgIpc) is 3.12. The van der Waals surface area contributed by atoms with Crippen LogP contribution in [0.5, 0.6) is 0 Å². The molecular formula is C24H30NO3-. The third-order valence-electron chi connectivity index (χ3n) is 6.03. The van der Waals surface area contributed by atoms with Gasteiger partial charge in [-0.15, -0.1) is 0 Å². The first-order chi connectivity index (χ1) is 13.5. The van der Waals surface area contributed by atoms with E-state index in [0.29, 0.717) is 25.6 Å². The summed E-state index contributed by atoms with van der Waals surface area (Å²) < 4.78 is 12.7. The molecule has 0 radical (unpaired) electrons. The van der Waals surface area contributed by atoms with E-state index >= 15 is 0 Å². The highest BCUT2D eigenvalue weighted by molar-refractivity contribution is 5.15. The van der Waals surface area contributed by atoms with Crippen molar-refractivity contribution in [1.29, 1.82) is 0 Å². The van der Waals surface area contributed by atoms with Crippen molar-refractivity contribution in [3.05, 3.63) is 77.0 Å². The Labute approximate surface area is 168 Å². The molecule has 1 saturated carbocycles. The molecule has 150 valence electrons. The molecule has 1 saturated heterocycles. The lowest BCUT2D eigenvalue weighted by Gasteiger charge is -2.34. The van der Waals surface area contributed by atoms with Crippen LogP contribution in [0.4, 0.5) is 0 Å². The maximum atomic E-state index is 12.6. The van der Waals surface area contributed by atoms with Crippen LogP contribution in [-0.4, -0.2) is 29.9 Å². The van der Waals surface area contributed by atoms with Gasteiger partial charge < -0.3 is 19.7 Å². The first kappa shape index (κ1) is 19.6. The lowest BCUT2D eigenvalue weighted by atomic mass is 9.88. The van der Waals surface area contributed by atoms with E-state index in [0.717, 1.165) is 29.0 Å². The third kappa shape index (κ3) is 4.64.